The molecule has 0 bridgehead atoms. The monoisotopic (exact) mass is 679 g/mol. The van der Waals surface area contributed by atoms with Gasteiger partial charge in [0.15, 0.2) is 0 Å². The van der Waals surface area contributed by atoms with Crippen molar-refractivity contribution in [1.82, 2.24) is 28.9 Å². The first kappa shape index (κ1) is 32.4. The van der Waals surface area contributed by atoms with Gasteiger partial charge in [0.25, 0.3) is 11.5 Å². The smallest absolute Gasteiger partial charge is 0.266 e. The number of aliphatic hydroxyl groups is 1. The molecule has 13 heteroatoms. The van der Waals surface area contributed by atoms with E-state index in [1.807, 2.05) is 43.4 Å². The Morgan fingerprint density at radius 1 is 1.08 bits per heavy atom. The van der Waals surface area contributed by atoms with Crippen LogP contribution in [0.4, 0.5) is 4.39 Å². The highest BCUT2D eigenvalue weighted by Crippen LogP contribution is 2.38. The van der Waals surface area contributed by atoms with Crippen LogP contribution >= 0.6 is 11.3 Å². The van der Waals surface area contributed by atoms with Crippen LogP contribution in [-0.2, 0) is 18.4 Å². The number of amides is 2. The largest absolute Gasteiger partial charge is 0.388 e. The van der Waals surface area contributed by atoms with Crippen molar-refractivity contribution < 1.29 is 19.1 Å². The van der Waals surface area contributed by atoms with Gasteiger partial charge in [-0.2, -0.15) is 5.26 Å². The summed E-state index contributed by atoms with van der Waals surface area (Å²) in [5, 5.41) is 21.0. The number of halogens is 1. The van der Waals surface area contributed by atoms with Gasteiger partial charge >= 0.3 is 0 Å². The topological polar surface area (TPSA) is 137 Å². The van der Waals surface area contributed by atoms with Crippen LogP contribution in [0.25, 0.3) is 21.5 Å². The van der Waals surface area contributed by atoms with Gasteiger partial charge in [-0.15, -0.1) is 11.3 Å². The molecule has 2 saturated heterocycles. The van der Waals surface area contributed by atoms with Gasteiger partial charge in [0.05, 0.1) is 17.5 Å². The third-order valence-corrected chi connectivity index (χ3v) is 11.0. The Bertz CT molecular complexity index is 2130. The fourth-order valence-electron chi connectivity index (χ4n) is 7.02. The van der Waals surface area contributed by atoms with E-state index in [1.165, 1.54) is 23.2 Å². The molecule has 1 aromatic carbocycles. The molecule has 2 aliphatic heterocycles. The molecule has 250 valence electrons. The normalized spacial score (nSPS) is 19.1. The number of aromatic nitrogens is 4. The second-order valence-electron chi connectivity index (χ2n) is 12.9. The van der Waals surface area contributed by atoms with Crippen LogP contribution in [0.1, 0.15) is 46.1 Å². The molecule has 0 unspecified atom stereocenters. The summed E-state index contributed by atoms with van der Waals surface area (Å²) >= 11 is 1.04. The summed E-state index contributed by atoms with van der Waals surface area (Å²) in [6, 6.07) is 17.8. The van der Waals surface area contributed by atoms with Crippen LogP contribution < -0.4 is 5.56 Å². The molecule has 7 rings (SSSR count). The summed E-state index contributed by atoms with van der Waals surface area (Å²) in [6.07, 6.45) is 5.75. The Balaban J connectivity index is 1.05. The zero-order chi connectivity index (χ0) is 34.3. The van der Waals surface area contributed by atoms with Crippen molar-refractivity contribution in [1.29, 1.82) is 5.26 Å². The van der Waals surface area contributed by atoms with Crippen molar-refractivity contribution in [2.75, 3.05) is 26.2 Å². The molecule has 49 heavy (non-hydrogen) atoms. The molecule has 2 fully saturated rings. The van der Waals surface area contributed by atoms with Crippen molar-refractivity contribution in [2.24, 2.45) is 13.0 Å². The van der Waals surface area contributed by atoms with Crippen molar-refractivity contribution in [3.05, 3.63) is 106 Å². The third-order valence-electron chi connectivity index (χ3n) is 9.81. The highest BCUT2D eigenvalue weighted by molar-refractivity contribution is 7.17. The number of thiophene rings is 1. The summed E-state index contributed by atoms with van der Waals surface area (Å²) in [4.78, 5) is 53.3. The third kappa shape index (κ3) is 6.25. The van der Waals surface area contributed by atoms with E-state index in [2.05, 4.69) is 9.97 Å². The second kappa shape index (κ2) is 13.0. The summed E-state index contributed by atoms with van der Waals surface area (Å²) in [5.74, 6) is -1.79. The lowest BCUT2D eigenvalue weighted by atomic mass is 9.79. The van der Waals surface area contributed by atoms with Crippen LogP contribution in [-0.4, -0.2) is 77.6 Å². The maximum Gasteiger partial charge on any atom is 0.266 e. The van der Waals surface area contributed by atoms with E-state index in [0.717, 1.165) is 16.9 Å². The van der Waals surface area contributed by atoms with Gasteiger partial charge in [-0.25, -0.2) is 14.4 Å². The number of carbonyl (C=O) groups excluding carboxylic acids is 2. The number of pyridine rings is 1. The first-order valence-corrected chi connectivity index (χ1v) is 17.0. The number of piperidine rings is 2. The van der Waals surface area contributed by atoms with E-state index in [9.17, 15) is 19.5 Å². The van der Waals surface area contributed by atoms with Gasteiger partial charge in [0.2, 0.25) is 5.91 Å². The Hall–Kier alpha value is -5.19. The number of likely N-dealkylation sites (tertiary alicyclic amines) is 2. The average Bonchev–Trinajstić information content (AvgIpc) is 3.71. The second-order valence-corrected chi connectivity index (χ2v) is 13.9. The van der Waals surface area contributed by atoms with E-state index in [1.54, 1.807) is 38.8 Å². The summed E-state index contributed by atoms with van der Waals surface area (Å²) in [5.41, 5.74) is 0.984. The Morgan fingerprint density at radius 2 is 1.86 bits per heavy atom. The molecule has 2 amide bonds. The van der Waals surface area contributed by atoms with Crippen molar-refractivity contribution in [2.45, 2.75) is 37.3 Å². The molecule has 0 saturated carbocycles. The molecule has 5 aromatic rings. The first-order valence-electron chi connectivity index (χ1n) is 16.2. The van der Waals surface area contributed by atoms with Crippen molar-refractivity contribution >= 4 is 34.2 Å². The number of fused-ring (bicyclic) bond motifs is 1. The number of aryl methyl sites for hydroxylation is 1. The zero-order valence-electron chi connectivity index (χ0n) is 26.8. The van der Waals surface area contributed by atoms with Gasteiger partial charge < -0.3 is 19.5 Å². The van der Waals surface area contributed by atoms with Crippen LogP contribution in [0.5, 0.6) is 0 Å². The maximum absolute atomic E-state index is 15.2. The number of hydrogen-bond donors (Lipinski definition) is 1. The number of rotatable bonds is 6. The Labute approximate surface area is 285 Å². The maximum atomic E-state index is 15.2. The molecular formula is C36H34FN7O4S. The van der Waals surface area contributed by atoms with E-state index >= 15 is 4.39 Å². The minimum absolute atomic E-state index is 0.00742. The minimum atomic E-state index is -1.17. The molecule has 0 spiro atoms. The molecular weight excluding hydrogens is 646 g/mol. The number of nitriles is 1. The molecule has 6 heterocycles. The first-order chi connectivity index (χ1) is 23.6. The Morgan fingerprint density at radius 3 is 2.57 bits per heavy atom. The van der Waals surface area contributed by atoms with Crippen LogP contribution in [0.15, 0.2) is 78.1 Å². The lowest BCUT2D eigenvalue weighted by Crippen LogP contribution is -2.53. The van der Waals surface area contributed by atoms with E-state index in [-0.39, 0.29) is 41.0 Å². The van der Waals surface area contributed by atoms with Crippen LogP contribution in [0, 0.1) is 23.1 Å². The van der Waals surface area contributed by atoms with E-state index in [4.69, 9.17) is 5.26 Å². The fourth-order valence-corrected chi connectivity index (χ4v) is 8.02. The molecule has 2 atom stereocenters. The zero-order valence-corrected chi connectivity index (χ0v) is 27.6. The number of hydrogen-bond acceptors (Lipinski definition) is 8. The molecule has 0 aliphatic carbocycles. The lowest BCUT2D eigenvalue weighted by Gasteiger charge is -2.43. The summed E-state index contributed by atoms with van der Waals surface area (Å²) in [7, 11) is 1.82. The fraction of sp³-hybridized carbons (Fsp3) is 0.333. The van der Waals surface area contributed by atoms with E-state index < -0.39 is 23.2 Å². The standard InChI is InChI=1S/C36H34FN7O4S/c1-41-13-9-27-32(41)40-22-44(34(27)46)21-36(48)11-15-42(16-12-36)33(45)26-10-14-43(20-28(26)23-5-3-2-4-6-23)35(47)31-29(37)17-30(49-31)24-7-8-25(18-38)39-19-24/h2-9,13,17,19,22,26,28,48H,10-12,14-16,20-21H2,1H3/t26-,28+/m1/s1. The molecule has 1 N–H and O–H groups in total. The van der Waals surface area contributed by atoms with Gasteiger partial charge in [-0.3, -0.25) is 19.0 Å². The van der Waals surface area contributed by atoms with Gasteiger partial charge in [-0.1, -0.05) is 30.3 Å². The predicted molar refractivity (Wildman–Crippen MR) is 181 cm³/mol. The lowest BCUT2D eigenvalue weighted by molar-refractivity contribution is -0.142. The SMILES string of the molecule is Cn1ccc2c(=O)n(CC3(O)CCN(C(=O)[C@@H]4CCN(C(=O)c5sc(-c6ccc(C#N)nc6)cc5F)C[C@H]4c4ccccc4)CC3)cnc21. The highest BCUT2D eigenvalue weighted by atomic mass is 32.1. The molecule has 4 aromatic heterocycles. The van der Waals surface area contributed by atoms with Gasteiger partial charge in [-0.05, 0) is 49.1 Å². The van der Waals surface area contributed by atoms with Crippen molar-refractivity contribution in [3.8, 4) is 16.5 Å². The van der Waals surface area contributed by atoms with Crippen molar-refractivity contribution in [3.63, 3.8) is 0 Å². The Kier molecular flexibility index (Phi) is 8.60. The quantitative estimate of drug-likeness (QED) is 0.285. The van der Waals surface area contributed by atoms with E-state index in [0.29, 0.717) is 60.4 Å². The highest BCUT2D eigenvalue weighted by Gasteiger charge is 2.42. The van der Waals surface area contributed by atoms with Gasteiger partial charge in [0, 0.05) is 67.9 Å². The minimum Gasteiger partial charge on any atom is -0.388 e. The molecule has 11 nitrogen and oxygen atoms in total. The summed E-state index contributed by atoms with van der Waals surface area (Å²) < 4.78 is 18.4. The average molecular weight is 680 g/mol. The van der Waals surface area contributed by atoms with Gasteiger partial charge in [0.1, 0.15) is 34.4 Å². The number of carbonyl (C=O) groups is 2. The number of benzene rings is 1. The van der Waals surface area contributed by atoms with Crippen LogP contribution in [0.3, 0.4) is 0 Å². The number of nitrogens with zero attached hydrogens (tertiary/aromatic N) is 7. The molecule has 2 aliphatic rings. The summed E-state index contributed by atoms with van der Waals surface area (Å²) in [6.45, 7) is 1.29. The molecule has 0 radical (unpaired) electrons. The predicted octanol–water partition coefficient (Wildman–Crippen LogP) is 4.17. The van der Waals surface area contributed by atoms with Crippen LogP contribution in [0.2, 0.25) is 0 Å².